The van der Waals surface area contributed by atoms with Gasteiger partial charge in [0.25, 0.3) is 0 Å². The van der Waals surface area contributed by atoms with Crippen molar-refractivity contribution in [1.29, 1.82) is 0 Å². The van der Waals surface area contributed by atoms with Crippen LogP contribution in [0.2, 0.25) is 0 Å². The van der Waals surface area contributed by atoms with E-state index in [0.717, 1.165) is 39.0 Å². The van der Waals surface area contributed by atoms with Gasteiger partial charge in [0.15, 0.2) is 0 Å². The highest BCUT2D eigenvalue weighted by Gasteiger charge is 2.18. The summed E-state index contributed by atoms with van der Waals surface area (Å²) in [6, 6.07) is 13.8. The quantitative estimate of drug-likeness (QED) is 0.510. The molecule has 4 aromatic rings. The third-order valence-corrected chi connectivity index (χ3v) is 4.50. The molecule has 4 rings (SSSR count). The Morgan fingerprint density at radius 1 is 1.12 bits per heavy atom. The van der Waals surface area contributed by atoms with Crippen molar-refractivity contribution in [3.63, 3.8) is 0 Å². The molecule has 0 fully saturated rings. The third-order valence-electron chi connectivity index (χ3n) is 4.50. The van der Waals surface area contributed by atoms with Crippen molar-refractivity contribution < 1.29 is 4.79 Å². The largest absolute Gasteiger partial charge is 0.361 e. The molecule has 2 heterocycles. The Labute approximate surface area is 151 Å². The van der Waals surface area contributed by atoms with Gasteiger partial charge in [0.05, 0.1) is 17.5 Å². The molecular weight excluding hydrogens is 324 g/mol. The number of H-pyrrole nitrogens is 2. The number of benzene rings is 2. The van der Waals surface area contributed by atoms with Gasteiger partial charge in [0.1, 0.15) is 5.82 Å². The SMILES string of the molecule is CC(C)(C)c1nc2ccc(NC(=O)Cc3c[nH]c4ccccc34)cc2[nH]1. The van der Waals surface area contributed by atoms with Crippen LogP contribution in [0.15, 0.2) is 48.7 Å². The van der Waals surface area contributed by atoms with Gasteiger partial charge in [-0.3, -0.25) is 4.79 Å². The van der Waals surface area contributed by atoms with Crippen LogP contribution in [0.25, 0.3) is 21.9 Å². The van der Waals surface area contributed by atoms with Gasteiger partial charge >= 0.3 is 0 Å². The van der Waals surface area contributed by atoms with E-state index in [4.69, 9.17) is 0 Å². The van der Waals surface area contributed by atoms with Crippen LogP contribution in [0.3, 0.4) is 0 Å². The highest BCUT2D eigenvalue weighted by Crippen LogP contribution is 2.24. The Morgan fingerprint density at radius 3 is 2.73 bits per heavy atom. The zero-order valence-electron chi connectivity index (χ0n) is 15.2. The number of imidazole rings is 1. The highest BCUT2D eigenvalue weighted by molar-refractivity contribution is 5.97. The van der Waals surface area contributed by atoms with Gasteiger partial charge in [0.2, 0.25) is 5.91 Å². The fourth-order valence-electron chi connectivity index (χ4n) is 3.10. The number of carbonyl (C=O) groups is 1. The van der Waals surface area contributed by atoms with Gasteiger partial charge in [0, 0.05) is 28.2 Å². The molecule has 3 N–H and O–H groups in total. The summed E-state index contributed by atoms with van der Waals surface area (Å²) in [6.07, 6.45) is 2.23. The molecule has 0 unspecified atom stereocenters. The first-order valence-electron chi connectivity index (χ1n) is 8.75. The molecule has 0 aliphatic heterocycles. The van der Waals surface area contributed by atoms with E-state index in [2.05, 4.69) is 41.0 Å². The molecule has 2 aromatic carbocycles. The molecule has 0 atom stereocenters. The number of hydrogen-bond acceptors (Lipinski definition) is 2. The molecule has 0 radical (unpaired) electrons. The lowest BCUT2D eigenvalue weighted by Crippen LogP contribution is -2.14. The lowest BCUT2D eigenvalue weighted by Gasteiger charge is -2.13. The molecule has 0 aliphatic rings. The molecule has 0 spiro atoms. The van der Waals surface area contributed by atoms with Gasteiger partial charge < -0.3 is 15.3 Å². The molecular formula is C21H22N4O. The van der Waals surface area contributed by atoms with Crippen molar-refractivity contribution in [1.82, 2.24) is 15.0 Å². The topological polar surface area (TPSA) is 73.6 Å². The normalized spacial score (nSPS) is 12.0. The fraction of sp³-hybridized carbons (Fsp3) is 0.238. The highest BCUT2D eigenvalue weighted by atomic mass is 16.1. The molecule has 1 amide bonds. The van der Waals surface area contributed by atoms with E-state index in [1.807, 2.05) is 48.7 Å². The van der Waals surface area contributed by atoms with Crippen molar-refractivity contribution >= 4 is 33.5 Å². The number of amides is 1. The molecule has 26 heavy (non-hydrogen) atoms. The maximum Gasteiger partial charge on any atom is 0.228 e. The van der Waals surface area contributed by atoms with E-state index >= 15 is 0 Å². The fourth-order valence-corrected chi connectivity index (χ4v) is 3.10. The summed E-state index contributed by atoms with van der Waals surface area (Å²) in [5.74, 6) is 0.902. The number of aromatic nitrogens is 3. The van der Waals surface area contributed by atoms with E-state index in [0.29, 0.717) is 6.42 Å². The molecule has 132 valence electrons. The van der Waals surface area contributed by atoms with Crippen LogP contribution in [-0.2, 0) is 16.6 Å². The first-order valence-corrected chi connectivity index (χ1v) is 8.75. The average molecular weight is 346 g/mol. The number of rotatable bonds is 3. The van der Waals surface area contributed by atoms with Crippen LogP contribution in [-0.4, -0.2) is 20.9 Å². The Kier molecular flexibility index (Phi) is 3.80. The van der Waals surface area contributed by atoms with Gasteiger partial charge in [-0.25, -0.2) is 4.98 Å². The molecule has 0 aliphatic carbocycles. The summed E-state index contributed by atoms with van der Waals surface area (Å²) < 4.78 is 0. The van der Waals surface area contributed by atoms with Crippen molar-refractivity contribution in [3.8, 4) is 0 Å². The number of hydrogen-bond donors (Lipinski definition) is 3. The number of para-hydroxylation sites is 1. The van der Waals surface area contributed by atoms with Crippen molar-refractivity contribution in [2.24, 2.45) is 0 Å². The summed E-state index contributed by atoms with van der Waals surface area (Å²) in [6.45, 7) is 6.36. The van der Waals surface area contributed by atoms with Crippen LogP contribution in [0, 0.1) is 0 Å². The van der Waals surface area contributed by atoms with Crippen LogP contribution >= 0.6 is 0 Å². The maximum atomic E-state index is 12.5. The Morgan fingerprint density at radius 2 is 1.92 bits per heavy atom. The predicted molar refractivity (Wildman–Crippen MR) is 105 cm³/mol. The van der Waals surface area contributed by atoms with E-state index in [1.54, 1.807) is 0 Å². The van der Waals surface area contributed by atoms with Gasteiger partial charge in [-0.1, -0.05) is 39.0 Å². The van der Waals surface area contributed by atoms with Crippen molar-refractivity contribution in [2.75, 3.05) is 5.32 Å². The van der Waals surface area contributed by atoms with Gasteiger partial charge in [-0.05, 0) is 29.8 Å². The summed E-state index contributed by atoms with van der Waals surface area (Å²) in [4.78, 5) is 23.7. The van der Waals surface area contributed by atoms with Crippen LogP contribution < -0.4 is 5.32 Å². The standard InChI is InChI=1S/C21H22N4O/c1-21(2,3)20-24-17-9-8-14(11-18(17)25-20)23-19(26)10-13-12-22-16-7-5-4-6-15(13)16/h4-9,11-12,22H,10H2,1-3H3,(H,23,26)(H,24,25). The summed E-state index contributed by atoms with van der Waals surface area (Å²) in [7, 11) is 0. The van der Waals surface area contributed by atoms with Crippen LogP contribution in [0.4, 0.5) is 5.69 Å². The number of carbonyl (C=O) groups excluding carboxylic acids is 1. The summed E-state index contributed by atoms with van der Waals surface area (Å²) in [5.41, 5.74) is 4.60. The van der Waals surface area contributed by atoms with Crippen LogP contribution in [0.5, 0.6) is 0 Å². The third kappa shape index (κ3) is 3.08. The minimum absolute atomic E-state index is 0.0373. The maximum absolute atomic E-state index is 12.5. The van der Waals surface area contributed by atoms with E-state index in [-0.39, 0.29) is 11.3 Å². The first-order chi connectivity index (χ1) is 12.4. The Bertz CT molecular complexity index is 1100. The number of fused-ring (bicyclic) bond motifs is 2. The molecule has 0 saturated heterocycles. The second-order valence-corrected chi connectivity index (χ2v) is 7.65. The van der Waals surface area contributed by atoms with Crippen molar-refractivity contribution in [3.05, 3.63) is 60.0 Å². The molecule has 0 bridgehead atoms. The summed E-state index contributed by atoms with van der Waals surface area (Å²) in [5, 5.41) is 4.07. The molecule has 5 heteroatoms. The lowest BCUT2D eigenvalue weighted by atomic mass is 9.96. The summed E-state index contributed by atoms with van der Waals surface area (Å²) >= 11 is 0. The number of nitrogens with zero attached hydrogens (tertiary/aromatic N) is 1. The second-order valence-electron chi connectivity index (χ2n) is 7.65. The minimum Gasteiger partial charge on any atom is -0.361 e. The van der Waals surface area contributed by atoms with Gasteiger partial charge in [-0.15, -0.1) is 0 Å². The molecule has 0 saturated carbocycles. The smallest absolute Gasteiger partial charge is 0.228 e. The zero-order chi connectivity index (χ0) is 18.3. The van der Waals surface area contributed by atoms with E-state index in [1.165, 1.54) is 0 Å². The first kappa shape index (κ1) is 16.4. The monoisotopic (exact) mass is 346 g/mol. The Hall–Kier alpha value is -3.08. The number of anilines is 1. The predicted octanol–water partition coefficient (Wildman–Crippen LogP) is 4.52. The van der Waals surface area contributed by atoms with Crippen LogP contribution in [0.1, 0.15) is 32.2 Å². The minimum atomic E-state index is -0.0439. The Balaban J connectivity index is 1.54. The van der Waals surface area contributed by atoms with E-state index in [9.17, 15) is 4.79 Å². The van der Waals surface area contributed by atoms with Gasteiger partial charge in [-0.2, -0.15) is 0 Å². The zero-order valence-corrected chi connectivity index (χ0v) is 15.2. The molecule has 2 aromatic heterocycles. The second kappa shape index (κ2) is 6.02. The number of aromatic amines is 2. The lowest BCUT2D eigenvalue weighted by molar-refractivity contribution is -0.115. The number of nitrogens with one attached hydrogen (secondary N) is 3. The molecule has 5 nitrogen and oxygen atoms in total. The average Bonchev–Trinajstić information content (AvgIpc) is 3.19. The van der Waals surface area contributed by atoms with E-state index < -0.39 is 0 Å². The van der Waals surface area contributed by atoms with Crippen molar-refractivity contribution in [2.45, 2.75) is 32.6 Å².